The summed E-state index contributed by atoms with van der Waals surface area (Å²) in [6.45, 7) is 7.75. The van der Waals surface area contributed by atoms with Crippen molar-refractivity contribution in [2.24, 2.45) is 0 Å². The minimum atomic E-state index is -0.650. The average Bonchev–Trinajstić information content (AvgIpc) is 2.81. The number of unbranched alkanes of at least 4 members (excludes halogenated alkanes) is 4. The van der Waals surface area contributed by atoms with E-state index in [2.05, 4.69) is 36.7 Å². The second-order valence-electron chi connectivity index (χ2n) is 6.09. The predicted molar refractivity (Wildman–Crippen MR) is 92.6 cm³/mol. The Kier molecular flexibility index (Phi) is 8.70. The number of allylic oxidation sites excluding steroid dienone is 1. The van der Waals surface area contributed by atoms with E-state index in [9.17, 15) is 4.79 Å². The molecule has 1 fully saturated rings. The van der Waals surface area contributed by atoms with E-state index < -0.39 is 5.79 Å². The summed E-state index contributed by atoms with van der Waals surface area (Å²) in [5.41, 5.74) is 0. The molecule has 3 nitrogen and oxygen atoms in total. The number of ketones is 1. The van der Waals surface area contributed by atoms with Crippen molar-refractivity contribution in [2.75, 3.05) is 0 Å². The lowest BCUT2D eigenvalue weighted by molar-refractivity contribution is -0.138. The molecule has 1 saturated heterocycles. The summed E-state index contributed by atoms with van der Waals surface area (Å²) < 4.78 is 11.7. The van der Waals surface area contributed by atoms with Gasteiger partial charge in [-0.05, 0) is 44.5 Å². The number of Topliss-reactive ketones (excluding diaryl/α,β-unsaturated/α-hetero) is 1. The maximum Gasteiger partial charge on any atom is 0.206 e. The molecule has 0 aromatic carbocycles. The first kappa shape index (κ1) is 19.5. The Morgan fingerprint density at radius 2 is 1.91 bits per heavy atom. The molecule has 0 aromatic rings. The van der Waals surface area contributed by atoms with Crippen LogP contribution in [0.25, 0.3) is 0 Å². The second kappa shape index (κ2) is 10.3. The second-order valence-corrected chi connectivity index (χ2v) is 6.09. The minimum absolute atomic E-state index is 0.105. The molecule has 126 valence electrons. The summed E-state index contributed by atoms with van der Waals surface area (Å²) in [5.74, 6) is 9.97. The van der Waals surface area contributed by atoms with Crippen LogP contribution in [0.3, 0.4) is 0 Å². The summed E-state index contributed by atoms with van der Waals surface area (Å²) in [4.78, 5) is 11.1. The van der Waals surface area contributed by atoms with Crippen molar-refractivity contribution < 1.29 is 14.3 Å². The van der Waals surface area contributed by atoms with Crippen molar-refractivity contribution in [1.82, 2.24) is 0 Å². The largest absolute Gasteiger partial charge is 0.339 e. The number of carbonyl (C=O) groups is 1. The molecular weight excluding hydrogens is 288 g/mol. The summed E-state index contributed by atoms with van der Waals surface area (Å²) in [7, 11) is 0. The standard InChI is InChI=1S/C20H28O3/c1-5-7-8-9-10-11-15-18-19(23-20(3,4)22-18)16-13-12-14-17(21)6-2/h11,15,18-19H,5-10H2,1-4H3/b15-11+/t18-,19-/m1/s1. The molecule has 1 aliphatic heterocycles. The van der Waals surface area contributed by atoms with Crippen LogP contribution in [0.4, 0.5) is 0 Å². The van der Waals surface area contributed by atoms with E-state index in [0.717, 1.165) is 6.42 Å². The van der Waals surface area contributed by atoms with Crippen molar-refractivity contribution in [1.29, 1.82) is 0 Å². The quantitative estimate of drug-likeness (QED) is 0.308. The summed E-state index contributed by atoms with van der Waals surface area (Å²) in [6, 6.07) is 0. The van der Waals surface area contributed by atoms with Gasteiger partial charge in [0.05, 0.1) is 0 Å². The molecule has 0 unspecified atom stereocenters. The molecule has 1 rings (SSSR count). The van der Waals surface area contributed by atoms with Gasteiger partial charge in [-0.15, -0.1) is 0 Å². The van der Waals surface area contributed by atoms with E-state index >= 15 is 0 Å². The Balaban J connectivity index is 2.57. The molecule has 1 heterocycles. The van der Waals surface area contributed by atoms with Gasteiger partial charge in [0, 0.05) is 6.42 Å². The molecule has 0 radical (unpaired) electrons. The maximum atomic E-state index is 11.1. The first-order valence-electron chi connectivity index (χ1n) is 8.55. The first-order valence-corrected chi connectivity index (χ1v) is 8.55. The van der Waals surface area contributed by atoms with Crippen LogP contribution in [-0.2, 0) is 14.3 Å². The zero-order valence-electron chi connectivity index (χ0n) is 14.8. The highest BCUT2D eigenvalue weighted by molar-refractivity contribution is 5.95. The molecule has 0 aromatic heterocycles. The zero-order chi connectivity index (χ0) is 17.1. The fourth-order valence-electron chi connectivity index (χ4n) is 2.26. The summed E-state index contributed by atoms with van der Waals surface area (Å²) in [6.07, 6.45) is 10.1. The molecule has 0 N–H and O–H groups in total. The van der Waals surface area contributed by atoms with E-state index in [1.54, 1.807) is 6.92 Å². The third kappa shape index (κ3) is 8.03. The van der Waals surface area contributed by atoms with Gasteiger partial charge in [-0.2, -0.15) is 0 Å². The van der Waals surface area contributed by atoms with E-state index in [0.29, 0.717) is 6.42 Å². The van der Waals surface area contributed by atoms with E-state index in [-0.39, 0.29) is 18.0 Å². The number of ether oxygens (including phenoxy) is 2. The topological polar surface area (TPSA) is 35.5 Å². The number of hydrogen-bond acceptors (Lipinski definition) is 3. The van der Waals surface area contributed by atoms with Gasteiger partial charge in [0.25, 0.3) is 0 Å². The lowest BCUT2D eigenvalue weighted by atomic mass is 10.1. The zero-order valence-corrected chi connectivity index (χ0v) is 14.8. The monoisotopic (exact) mass is 316 g/mol. The summed E-state index contributed by atoms with van der Waals surface area (Å²) >= 11 is 0. The molecule has 2 atom stereocenters. The van der Waals surface area contributed by atoms with Crippen LogP contribution in [0, 0.1) is 23.7 Å². The Hall–Kier alpha value is -1.55. The van der Waals surface area contributed by atoms with E-state index in [1.807, 2.05) is 19.9 Å². The van der Waals surface area contributed by atoms with Gasteiger partial charge in [0.1, 0.15) is 6.10 Å². The average molecular weight is 316 g/mol. The van der Waals surface area contributed by atoms with Gasteiger partial charge < -0.3 is 9.47 Å². The fourth-order valence-corrected chi connectivity index (χ4v) is 2.26. The van der Waals surface area contributed by atoms with Crippen LogP contribution in [-0.4, -0.2) is 23.8 Å². The van der Waals surface area contributed by atoms with Crippen LogP contribution >= 0.6 is 0 Å². The van der Waals surface area contributed by atoms with Gasteiger partial charge in [0.2, 0.25) is 5.78 Å². The van der Waals surface area contributed by atoms with Crippen LogP contribution in [0.5, 0.6) is 0 Å². The Labute approximate surface area is 140 Å². The van der Waals surface area contributed by atoms with Crippen LogP contribution in [0.1, 0.15) is 66.2 Å². The van der Waals surface area contributed by atoms with Gasteiger partial charge in [-0.1, -0.05) is 51.2 Å². The lowest BCUT2D eigenvalue weighted by Crippen LogP contribution is -2.20. The number of rotatable bonds is 7. The van der Waals surface area contributed by atoms with Gasteiger partial charge in [-0.3, -0.25) is 4.79 Å². The van der Waals surface area contributed by atoms with E-state index in [1.165, 1.54) is 25.7 Å². The van der Waals surface area contributed by atoms with Crippen LogP contribution in [0.15, 0.2) is 12.2 Å². The number of carbonyl (C=O) groups excluding carboxylic acids is 1. The molecule has 23 heavy (non-hydrogen) atoms. The Morgan fingerprint density at radius 1 is 1.13 bits per heavy atom. The van der Waals surface area contributed by atoms with Crippen molar-refractivity contribution in [2.45, 2.75) is 84.2 Å². The van der Waals surface area contributed by atoms with Crippen molar-refractivity contribution in [3.05, 3.63) is 12.2 Å². The molecule has 3 heteroatoms. The lowest BCUT2D eigenvalue weighted by Gasteiger charge is -2.15. The first-order chi connectivity index (χ1) is 11.0. The number of hydrogen-bond donors (Lipinski definition) is 0. The van der Waals surface area contributed by atoms with Crippen molar-refractivity contribution in [3.63, 3.8) is 0 Å². The molecule has 0 bridgehead atoms. The molecule has 0 amide bonds. The molecule has 0 saturated carbocycles. The van der Waals surface area contributed by atoms with Crippen LogP contribution < -0.4 is 0 Å². The van der Waals surface area contributed by atoms with Gasteiger partial charge in [-0.25, -0.2) is 0 Å². The highest BCUT2D eigenvalue weighted by Crippen LogP contribution is 2.28. The van der Waals surface area contributed by atoms with E-state index in [4.69, 9.17) is 9.47 Å². The van der Waals surface area contributed by atoms with Crippen LogP contribution in [0.2, 0.25) is 0 Å². The Morgan fingerprint density at radius 3 is 2.61 bits per heavy atom. The third-order valence-electron chi connectivity index (χ3n) is 3.48. The van der Waals surface area contributed by atoms with Crippen molar-refractivity contribution in [3.8, 4) is 23.7 Å². The fraction of sp³-hybridized carbons (Fsp3) is 0.650. The SMILES string of the molecule is CCCCCC/C=C/[C@H]1OC(C)(C)O[C@@H]1C#CC#CC(=O)CC. The van der Waals surface area contributed by atoms with Gasteiger partial charge >= 0.3 is 0 Å². The van der Waals surface area contributed by atoms with Crippen molar-refractivity contribution >= 4 is 5.78 Å². The van der Waals surface area contributed by atoms with Gasteiger partial charge in [0.15, 0.2) is 11.9 Å². The maximum absolute atomic E-state index is 11.1. The predicted octanol–water partition coefficient (Wildman–Crippen LogP) is 4.02. The molecule has 0 spiro atoms. The molecule has 0 aliphatic carbocycles. The third-order valence-corrected chi connectivity index (χ3v) is 3.48. The normalized spacial score (nSPS) is 22.3. The summed E-state index contributed by atoms with van der Waals surface area (Å²) in [5, 5.41) is 0. The molecule has 1 aliphatic rings. The highest BCUT2D eigenvalue weighted by Gasteiger charge is 2.38. The molecular formula is C20H28O3. The minimum Gasteiger partial charge on any atom is -0.339 e. The smallest absolute Gasteiger partial charge is 0.206 e. The Bertz CT molecular complexity index is 523. The highest BCUT2D eigenvalue weighted by atomic mass is 16.7.